The van der Waals surface area contributed by atoms with Gasteiger partial charge in [-0.25, -0.2) is 0 Å². The van der Waals surface area contributed by atoms with E-state index in [0.29, 0.717) is 0 Å². The molecule has 0 aliphatic heterocycles. The van der Waals surface area contributed by atoms with Crippen LogP contribution in [-0.2, 0) is 0 Å². The van der Waals surface area contributed by atoms with Crippen molar-refractivity contribution in [2.45, 2.75) is 26.7 Å². The van der Waals surface area contributed by atoms with Gasteiger partial charge in [-0.1, -0.05) is 13.8 Å². The summed E-state index contributed by atoms with van der Waals surface area (Å²) in [6, 6.07) is 0. The predicted molar refractivity (Wildman–Crippen MR) is 34.5 cm³/mol. The molecule has 0 amide bonds. The normalized spacial score (nSPS) is 50.6. The van der Waals surface area contributed by atoms with Crippen molar-refractivity contribution in [3.63, 3.8) is 0 Å². The van der Waals surface area contributed by atoms with Crippen molar-refractivity contribution < 1.29 is 0 Å². The molecule has 0 heteroatoms. The summed E-state index contributed by atoms with van der Waals surface area (Å²) < 4.78 is 0. The summed E-state index contributed by atoms with van der Waals surface area (Å²) in [5, 5.41) is 0. The average molecular weight is 110 g/mol. The molecule has 46 valence electrons. The minimum atomic E-state index is 0.971. The van der Waals surface area contributed by atoms with Crippen LogP contribution in [0.3, 0.4) is 0 Å². The van der Waals surface area contributed by atoms with E-state index >= 15 is 0 Å². The minimum Gasteiger partial charge on any atom is -0.0625 e. The fourth-order valence-electron chi connectivity index (χ4n) is 2.16. The first-order valence-electron chi connectivity index (χ1n) is 3.79. The van der Waals surface area contributed by atoms with Gasteiger partial charge in [0.25, 0.3) is 0 Å². The van der Waals surface area contributed by atoms with E-state index in [-0.39, 0.29) is 0 Å². The molecule has 3 atom stereocenters. The highest BCUT2D eigenvalue weighted by Crippen LogP contribution is 2.61. The smallest absolute Gasteiger partial charge is 0.0352 e. The highest BCUT2D eigenvalue weighted by atomic mass is 14.6. The highest BCUT2D eigenvalue weighted by Gasteiger charge is 2.53. The van der Waals surface area contributed by atoms with Crippen LogP contribution >= 0.6 is 0 Å². The Hall–Kier alpha value is 0. The monoisotopic (exact) mass is 110 g/mol. The summed E-state index contributed by atoms with van der Waals surface area (Å²) >= 11 is 0. The second kappa shape index (κ2) is 1.29. The molecule has 0 saturated heterocycles. The lowest BCUT2D eigenvalue weighted by Crippen LogP contribution is -2.20. The summed E-state index contributed by atoms with van der Waals surface area (Å²) in [5.41, 5.74) is 0. The molecule has 0 aromatic rings. The lowest BCUT2D eigenvalue weighted by atomic mass is 9.77. The van der Waals surface area contributed by atoms with Gasteiger partial charge in [-0.15, -0.1) is 0 Å². The molecule has 2 aliphatic rings. The quantitative estimate of drug-likeness (QED) is 0.486. The van der Waals surface area contributed by atoms with Gasteiger partial charge in [0.15, 0.2) is 0 Å². The number of fused-ring (bicyclic) bond motifs is 1. The first-order valence-corrected chi connectivity index (χ1v) is 3.79. The SMILES string of the molecule is CC(C)C1CC2CC21. The van der Waals surface area contributed by atoms with E-state index in [0.717, 1.165) is 11.8 Å². The average Bonchev–Trinajstić information content (AvgIpc) is 2.13. The summed E-state index contributed by atoms with van der Waals surface area (Å²) in [6.45, 7) is 4.72. The highest BCUT2D eigenvalue weighted by molar-refractivity contribution is 5.03. The Morgan fingerprint density at radius 3 is 2.12 bits per heavy atom. The Balaban J connectivity index is 1.92. The van der Waals surface area contributed by atoms with Crippen LogP contribution in [0.1, 0.15) is 26.7 Å². The van der Waals surface area contributed by atoms with Crippen LogP contribution in [0.2, 0.25) is 0 Å². The van der Waals surface area contributed by atoms with E-state index in [1.807, 2.05) is 0 Å². The lowest BCUT2D eigenvalue weighted by molar-refractivity contribution is 0.213. The number of hydrogen-bond donors (Lipinski definition) is 0. The molecule has 8 heavy (non-hydrogen) atoms. The zero-order chi connectivity index (χ0) is 5.72. The van der Waals surface area contributed by atoms with Crippen LogP contribution in [0.15, 0.2) is 0 Å². The minimum absolute atomic E-state index is 0.971. The molecule has 0 nitrogen and oxygen atoms in total. The fourth-order valence-corrected chi connectivity index (χ4v) is 2.16. The molecule has 0 heterocycles. The molecular formula is C8H14. The van der Waals surface area contributed by atoms with Crippen LogP contribution < -0.4 is 0 Å². The van der Waals surface area contributed by atoms with Crippen molar-refractivity contribution >= 4 is 0 Å². The standard InChI is InChI=1S/C8H14/c1-5(2)7-3-6-4-8(6)7/h5-8H,3-4H2,1-2H3. The third-order valence-corrected chi connectivity index (χ3v) is 2.96. The van der Waals surface area contributed by atoms with Gasteiger partial charge < -0.3 is 0 Å². The van der Waals surface area contributed by atoms with Gasteiger partial charge in [0.05, 0.1) is 0 Å². The van der Waals surface area contributed by atoms with Crippen molar-refractivity contribution in [3.8, 4) is 0 Å². The van der Waals surface area contributed by atoms with Crippen molar-refractivity contribution in [1.29, 1.82) is 0 Å². The van der Waals surface area contributed by atoms with Crippen molar-refractivity contribution in [2.24, 2.45) is 23.7 Å². The third kappa shape index (κ3) is 0.463. The van der Waals surface area contributed by atoms with Gasteiger partial charge in [0.1, 0.15) is 0 Å². The summed E-state index contributed by atoms with van der Waals surface area (Å²) in [7, 11) is 0. The zero-order valence-corrected chi connectivity index (χ0v) is 5.72. The molecule has 2 rings (SSSR count). The molecule has 0 bridgehead atoms. The van der Waals surface area contributed by atoms with Crippen LogP contribution in [0.25, 0.3) is 0 Å². The summed E-state index contributed by atoms with van der Waals surface area (Å²) in [5.74, 6) is 4.48. The Morgan fingerprint density at radius 1 is 1.25 bits per heavy atom. The molecule has 2 saturated carbocycles. The molecule has 2 fully saturated rings. The van der Waals surface area contributed by atoms with Gasteiger partial charge in [-0.2, -0.15) is 0 Å². The zero-order valence-electron chi connectivity index (χ0n) is 5.72. The molecule has 0 N–H and O–H groups in total. The van der Waals surface area contributed by atoms with E-state index in [4.69, 9.17) is 0 Å². The molecule has 3 unspecified atom stereocenters. The second-order valence-corrected chi connectivity index (χ2v) is 3.80. The predicted octanol–water partition coefficient (Wildman–Crippen LogP) is 2.30. The maximum atomic E-state index is 2.36. The first kappa shape index (κ1) is 4.84. The van der Waals surface area contributed by atoms with Crippen LogP contribution in [0.5, 0.6) is 0 Å². The maximum Gasteiger partial charge on any atom is -0.0352 e. The van der Waals surface area contributed by atoms with E-state index in [1.54, 1.807) is 12.8 Å². The van der Waals surface area contributed by atoms with Gasteiger partial charge >= 0.3 is 0 Å². The summed E-state index contributed by atoms with van der Waals surface area (Å²) in [6.07, 6.45) is 3.13. The van der Waals surface area contributed by atoms with Crippen LogP contribution in [0.4, 0.5) is 0 Å². The van der Waals surface area contributed by atoms with E-state index < -0.39 is 0 Å². The van der Waals surface area contributed by atoms with Gasteiger partial charge in [0, 0.05) is 0 Å². The lowest BCUT2D eigenvalue weighted by Gasteiger charge is -2.28. The largest absolute Gasteiger partial charge is 0.0625 e. The van der Waals surface area contributed by atoms with Gasteiger partial charge in [-0.05, 0) is 36.5 Å². The van der Waals surface area contributed by atoms with Crippen molar-refractivity contribution in [2.75, 3.05) is 0 Å². The van der Waals surface area contributed by atoms with E-state index in [9.17, 15) is 0 Å². The van der Waals surface area contributed by atoms with Crippen molar-refractivity contribution in [1.82, 2.24) is 0 Å². The topological polar surface area (TPSA) is 0 Å². The molecule has 0 spiro atoms. The fraction of sp³-hybridized carbons (Fsp3) is 1.00. The Labute approximate surface area is 51.3 Å². The van der Waals surface area contributed by atoms with Crippen molar-refractivity contribution in [3.05, 3.63) is 0 Å². The van der Waals surface area contributed by atoms with Crippen LogP contribution in [0, 0.1) is 23.7 Å². The van der Waals surface area contributed by atoms with Crippen LogP contribution in [-0.4, -0.2) is 0 Å². The summed E-state index contributed by atoms with van der Waals surface area (Å²) in [4.78, 5) is 0. The van der Waals surface area contributed by atoms with Gasteiger partial charge in [-0.3, -0.25) is 0 Å². The van der Waals surface area contributed by atoms with E-state index in [1.165, 1.54) is 11.8 Å². The number of rotatable bonds is 1. The molecule has 0 radical (unpaired) electrons. The molecule has 0 aromatic heterocycles. The second-order valence-electron chi connectivity index (χ2n) is 3.80. The molecular weight excluding hydrogens is 96.1 g/mol. The Kier molecular flexibility index (Phi) is 0.778. The maximum absolute atomic E-state index is 2.36. The Morgan fingerprint density at radius 2 is 2.00 bits per heavy atom. The number of hydrogen-bond acceptors (Lipinski definition) is 0. The third-order valence-electron chi connectivity index (χ3n) is 2.96. The molecule has 2 aliphatic carbocycles. The molecule has 0 aromatic carbocycles. The first-order chi connectivity index (χ1) is 3.79. The van der Waals surface area contributed by atoms with Gasteiger partial charge in [0.2, 0.25) is 0 Å². The van der Waals surface area contributed by atoms with E-state index in [2.05, 4.69) is 13.8 Å². The Bertz CT molecular complexity index is 103.